The lowest BCUT2D eigenvalue weighted by atomic mass is 10.3. The van der Waals surface area contributed by atoms with E-state index in [9.17, 15) is 0 Å². The molecule has 0 unspecified atom stereocenters. The predicted octanol–water partition coefficient (Wildman–Crippen LogP) is 1.08. The molecule has 0 atom stereocenters. The van der Waals surface area contributed by atoms with E-state index >= 15 is 0 Å². The molecule has 0 fully saturated rings. The lowest BCUT2D eigenvalue weighted by Crippen LogP contribution is -2.26. The third kappa shape index (κ3) is 2.97. The van der Waals surface area contributed by atoms with Crippen molar-refractivity contribution in [3.63, 3.8) is 0 Å². The molecule has 0 radical (unpaired) electrons. The van der Waals surface area contributed by atoms with Gasteiger partial charge in [0.25, 0.3) is 0 Å². The van der Waals surface area contributed by atoms with Gasteiger partial charge in [-0.3, -0.25) is 5.01 Å². The Balaban J connectivity index is 2.48. The highest BCUT2D eigenvalue weighted by Gasteiger charge is 2.21. The molecule has 4 heteroatoms. The summed E-state index contributed by atoms with van der Waals surface area (Å²) in [7, 11) is 1.96. The van der Waals surface area contributed by atoms with Crippen molar-refractivity contribution in [3.05, 3.63) is 0 Å². The Labute approximate surface area is 79.5 Å². The van der Waals surface area contributed by atoms with Gasteiger partial charge in [-0.05, 0) is 13.8 Å². The fourth-order valence-electron chi connectivity index (χ4n) is 1.30. The molecule has 0 saturated heterocycles. The first-order chi connectivity index (χ1) is 6.27. The van der Waals surface area contributed by atoms with E-state index in [0.717, 1.165) is 18.7 Å². The summed E-state index contributed by atoms with van der Waals surface area (Å²) in [4.78, 5) is 0. The number of hydrogen-bond acceptors (Lipinski definition) is 4. The summed E-state index contributed by atoms with van der Waals surface area (Å²) >= 11 is 0. The average molecular weight is 186 g/mol. The van der Waals surface area contributed by atoms with Crippen LogP contribution in [0, 0.1) is 0 Å². The van der Waals surface area contributed by atoms with E-state index in [1.54, 1.807) is 0 Å². The Bertz CT molecular complexity index is 176. The summed E-state index contributed by atoms with van der Waals surface area (Å²) < 4.78 is 10.9. The van der Waals surface area contributed by atoms with Gasteiger partial charge in [-0.1, -0.05) is 0 Å². The van der Waals surface area contributed by atoms with Crippen molar-refractivity contribution in [2.24, 2.45) is 5.10 Å². The maximum atomic E-state index is 5.43. The normalized spacial score (nSPS) is 16.9. The van der Waals surface area contributed by atoms with Crippen LogP contribution in [0.25, 0.3) is 0 Å². The first-order valence-electron chi connectivity index (χ1n) is 4.79. The SMILES string of the molecule is CCOC(OCC)C1=NN(C)CC1. The molecule has 0 saturated carbocycles. The van der Waals surface area contributed by atoms with Crippen LogP contribution in [-0.4, -0.2) is 43.8 Å². The van der Waals surface area contributed by atoms with Crippen molar-refractivity contribution >= 4 is 5.71 Å². The third-order valence-electron chi connectivity index (χ3n) is 1.90. The van der Waals surface area contributed by atoms with Gasteiger partial charge in [0.05, 0.1) is 5.71 Å². The van der Waals surface area contributed by atoms with Crippen LogP contribution in [0.4, 0.5) is 0 Å². The Morgan fingerprint density at radius 2 is 2.00 bits per heavy atom. The van der Waals surface area contributed by atoms with Crippen molar-refractivity contribution in [1.29, 1.82) is 0 Å². The standard InChI is InChI=1S/C9H18N2O2/c1-4-12-9(13-5-2)8-6-7-11(3)10-8/h9H,4-7H2,1-3H3. The van der Waals surface area contributed by atoms with Crippen molar-refractivity contribution < 1.29 is 9.47 Å². The second kappa shape index (κ2) is 5.19. The zero-order valence-electron chi connectivity index (χ0n) is 8.62. The molecule has 1 aliphatic rings. The molecule has 0 aromatic carbocycles. The van der Waals surface area contributed by atoms with Crippen LogP contribution >= 0.6 is 0 Å². The van der Waals surface area contributed by atoms with Gasteiger partial charge in [0.2, 0.25) is 0 Å². The first-order valence-corrected chi connectivity index (χ1v) is 4.79. The molecule has 0 aromatic heterocycles. The summed E-state index contributed by atoms with van der Waals surface area (Å²) in [6, 6.07) is 0. The number of hydrazone groups is 1. The van der Waals surface area contributed by atoms with E-state index in [4.69, 9.17) is 9.47 Å². The maximum absolute atomic E-state index is 5.43. The van der Waals surface area contributed by atoms with Crippen molar-refractivity contribution in [2.75, 3.05) is 26.8 Å². The molecule has 0 aliphatic carbocycles. The monoisotopic (exact) mass is 186 g/mol. The van der Waals surface area contributed by atoms with E-state index in [1.807, 2.05) is 25.9 Å². The van der Waals surface area contributed by atoms with Gasteiger partial charge >= 0.3 is 0 Å². The minimum Gasteiger partial charge on any atom is -0.348 e. The number of nitrogens with zero attached hydrogens (tertiary/aromatic N) is 2. The molecule has 76 valence electrons. The summed E-state index contributed by atoms with van der Waals surface area (Å²) in [6.07, 6.45) is 0.709. The van der Waals surface area contributed by atoms with E-state index in [2.05, 4.69) is 5.10 Å². The minimum atomic E-state index is -0.236. The molecule has 0 aromatic rings. The highest BCUT2D eigenvalue weighted by atomic mass is 16.7. The van der Waals surface area contributed by atoms with Crippen molar-refractivity contribution in [1.82, 2.24) is 5.01 Å². The van der Waals surface area contributed by atoms with Crippen LogP contribution in [0.15, 0.2) is 5.10 Å². The zero-order chi connectivity index (χ0) is 9.68. The van der Waals surface area contributed by atoms with Crippen LogP contribution in [0.2, 0.25) is 0 Å². The fraction of sp³-hybridized carbons (Fsp3) is 0.889. The molecule has 1 heterocycles. The predicted molar refractivity (Wildman–Crippen MR) is 51.7 cm³/mol. The molecule has 1 rings (SSSR count). The van der Waals surface area contributed by atoms with E-state index in [1.165, 1.54) is 0 Å². The van der Waals surface area contributed by atoms with Gasteiger partial charge in [-0.2, -0.15) is 5.10 Å². The second-order valence-electron chi connectivity index (χ2n) is 2.97. The minimum absolute atomic E-state index is 0.236. The fourth-order valence-corrected chi connectivity index (χ4v) is 1.30. The summed E-state index contributed by atoms with van der Waals surface area (Å²) in [6.45, 7) is 6.21. The van der Waals surface area contributed by atoms with Crippen molar-refractivity contribution in [2.45, 2.75) is 26.6 Å². The summed E-state index contributed by atoms with van der Waals surface area (Å²) in [5, 5.41) is 6.24. The highest BCUT2D eigenvalue weighted by Crippen LogP contribution is 2.10. The summed E-state index contributed by atoms with van der Waals surface area (Å²) in [5.74, 6) is 0. The molecule has 0 N–H and O–H groups in total. The zero-order valence-corrected chi connectivity index (χ0v) is 8.62. The molecule has 0 bridgehead atoms. The number of rotatable bonds is 5. The topological polar surface area (TPSA) is 34.1 Å². The molecule has 0 amide bonds. The third-order valence-corrected chi connectivity index (χ3v) is 1.90. The Morgan fingerprint density at radius 1 is 1.38 bits per heavy atom. The number of hydrogen-bond donors (Lipinski definition) is 0. The molecule has 13 heavy (non-hydrogen) atoms. The van der Waals surface area contributed by atoms with E-state index < -0.39 is 0 Å². The maximum Gasteiger partial charge on any atom is 0.198 e. The van der Waals surface area contributed by atoms with Gasteiger partial charge in [-0.25, -0.2) is 0 Å². The van der Waals surface area contributed by atoms with Crippen LogP contribution < -0.4 is 0 Å². The Kier molecular flexibility index (Phi) is 4.18. The van der Waals surface area contributed by atoms with Gasteiger partial charge < -0.3 is 9.47 Å². The highest BCUT2D eigenvalue weighted by molar-refractivity contribution is 5.88. The lowest BCUT2D eigenvalue weighted by molar-refractivity contribution is -0.0907. The largest absolute Gasteiger partial charge is 0.348 e. The lowest BCUT2D eigenvalue weighted by Gasteiger charge is -2.15. The molecule has 1 aliphatic heterocycles. The first kappa shape index (κ1) is 10.5. The molecular weight excluding hydrogens is 168 g/mol. The quantitative estimate of drug-likeness (QED) is 0.602. The van der Waals surface area contributed by atoms with Crippen LogP contribution in [-0.2, 0) is 9.47 Å². The molecule has 0 spiro atoms. The van der Waals surface area contributed by atoms with Crippen molar-refractivity contribution in [3.8, 4) is 0 Å². The average Bonchev–Trinajstić information content (AvgIpc) is 2.51. The van der Waals surface area contributed by atoms with E-state index in [-0.39, 0.29) is 6.29 Å². The van der Waals surface area contributed by atoms with Crippen LogP contribution in [0.3, 0.4) is 0 Å². The smallest absolute Gasteiger partial charge is 0.198 e. The van der Waals surface area contributed by atoms with Gasteiger partial charge in [0, 0.05) is 33.2 Å². The van der Waals surface area contributed by atoms with Gasteiger partial charge in [0.15, 0.2) is 6.29 Å². The molecular formula is C9H18N2O2. The Hall–Kier alpha value is -0.610. The number of ether oxygens (including phenoxy) is 2. The van der Waals surface area contributed by atoms with Gasteiger partial charge in [0.1, 0.15) is 0 Å². The second-order valence-corrected chi connectivity index (χ2v) is 2.97. The van der Waals surface area contributed by atoms with Crippen LogP contribution in [0.1, 0.15) is 20.3 Å². The van der Waals surface area contributed by atoms with Crippen LogP contribution in [0.5, 0.6) is 0 Å². The van der Waals surface area contributed by atoms with E-state index in [0.29, 0.717) is 13.2 Å². The van der Waals surface area contributed by atoms with Gasteiger partial charge in [-0.15, -0.1) is 0 Å². The Morgan fingerprint density at radius 3 is 2.38 bits per heavy atom. The summed E-state index contributed by atoms with van der Waals surface area (Å²) in [5.41, 5.74) is 1.01. The molecule has 4 nitrogen and oxygen atoms in total.